The van der Waals surface area contributed by atoms with E-state index < -0.39 is 12.5 Å². The fourth-order valence-electron chi connectivity index (χ4n) is 3.61. The SMILES string of the molecule is CCCCCCC1CCP(=O)(C(C)(O)CCCCCC)C1. The first-order valence-electron chi connectivity index (χ1n) is 9.25. The van der Waals surface area contributed by atoms with Crippen molar-refractivity contribution in [3.05, 3.63) is 0 Å². The van der Waals surface area contributed by atoms with E-state index in [1.54, 1.807) is 0 Å². The Morgan fingerprint density at radius 1 is 1.05 bits per heavy atom. The maximum Gasteiger partial charge on any atom is 0.118 e. The van der Waals surface area contributed by atoms with Crippen LogP contribution in [0.1, 0.15) is 91.4 Å². The van der Waals surface area contributed by atoms with E-state index in [1.165, 1.54) is 44.9 Å². The summed E-state index contributed by atoms with van der Waals surface area (Å²) in [6, 6.07) is 0. The smallest absolute Gasteiger partial charge is 0.118 e. The Morgan fingerprint density at radius 3 is 2.29 bits per heavy atom. The molecular weight excluding hydrogens is 279 g/mol. The fourth-order valence-corrected chi connectivity index (χ4v) is 7.22. The molecule has 0 aliphatic carbocycles. The second kappa shape index (κ2) is 9.36. The standard InChI is InChI=1S/C18H37O2P/c1-4-6-8-10-12-17-13-15-21(20,16-17)18(3,19)14-11-9-7-5-2/h17,19H,4-16H2,1-3H3. The van der Waals surface area contributed by atoms with Crippen molar-refractivity contribution in [3.63, 3.8) is 0 Å². The molecule has 1 rings (SSSR count). The predicted molar refractivity (Wildman–Crippen MR) is 93.6 cm³/mol. The van der Waals surface area contributed by atoms with Gasteiger partial charge in [0.1, 0.15) is 12.5 Å². The van der Waals surface area contributed by atoms with Crippen molar-refractivity contribution in [2.24, 2.45) is 5.92 Å². The highest BCUT2D eigenvalue weighted by atomic mass is 31.2. The van der Waals surface area contributed by atoms with Crippen molar-refractivity contribution < 1.29 is 9.67 Å². The lowest BCUT2D eigenvalue weighted by Crippen LogP contribution is -2.25. The van der Waals surface area contributed by atoms with Gasteiger partial charge in [0, 0.05) is 12.3 Å². The van der Waals surface area contributed by atoms with E-state index in [1.807, 2.05) is 6.92 Å². The van der Waals surface area contributed by atoms with Gasteiger partial charge in [-0.2, -0.15) is 0 Å². The molecule has 3 unspecified atom stereocenters. The van der Waals surface area contributed by atoms with Crippen LogP contribution in [0.3, 0.4) is 0 Å². The summed E-state index contributed by atoms with van der Waals surface area (Å²) < 4.78 is 13.1. The molecule has 1 fully saturated rings. The normalized spacial score (nSPS) is 28.7. The summed E-state index contributed by atoms with van der Waals surface area (Å²) in [5.74, 6) is 0.606. The number of hydrogen-bond donors (Lipinski definition) is 1. The van der Waals surface area contributed by atoms with Crippen LogP contribution >= 0.6 is 7.14 Å². The van der Waals surface area contributed by atoms with Crippen LogP contribution in [0.25, 0.3) is 0 Å². The fraction of sp³-hybridized carbons (Fsp3) is 1.00. The molecule has 3 heteroatoms. The summed E-state index contributed by atoms with van der Waals surface area (Å²) in [4.78, 5) is 0. The van der Waals surface area contributed by atoms with E-state index in [0.717, 1.165) is 38.0 Å². The molecule has 1 saturated heterocycles. The Labute approximate surface area is 132 Å². The van der Waals surface area contributed by atoms with Crippen LogP contribution in [-0.2, 0) is 4.57 Å². The van der Waals surface area contributed by atoms with Crippen molar-refractivity contribution in [1.82, 2.24) is 0 Å². The molecule has 0 aromatic carbocycles. The molecule has 21 heavy (non-hydrogen) atoms. The average molecular weight is 316 g/mol. The van der Waals surface area contributed by atoms with E-state index >= 15 is 0 Å². The number of aliphatic hydroxyl groups is 1. The molecule has 3 atom stereocenters. The van der Waals surface area contributed by atoms with E-state index in [-0.39, 0.29) is 0 Å². The molecule has 126 valence electrons. The van der Waals surface area contributed by atoms with Crippen molar-refractivity contribution >= 4 is 7.14 Å². The third-order valence-electron chi connectivity index (χ3n) is 5.30. The number of hydrogen-bond acceptors (Lipinski definition) is 2. The Balaban J connectivity index is 2.37. The van der Waals surface area contributed by atoms with Crippen LogP contribution in [0.4, 0.5) is 0 Å². The minimum Gasteiger partial charge on any atom is -0.382 e. The lowest BCUT2D eigenvalue weighted by atomic mass is 10.0. The van der Waals surface area contributed by atoms with Gasteiger partial charge in [-0.3, -0.25) is 0 Å². The number of unbranched alkanes of at least 4 members (excludes halogenated alkanes) is 6. The van der Waals surface area contributed by atoms with E-state index in [9.17, 15) is 9.67 Å². The maximum atomic E-state index is 13.1. The molecule has 0 spiro atoms. The minimum absolute atomic E-state index is 0.606. The quantitative estimate of drug-likeness (QED) is 0.374. The summed E-state index contributed by atoms with van der Waals surface area (Å²) in [5, 5.41) is 9.83. The molecule has 0 aromatic rings. The van der Waals surface area contributed by atoms with Crippen LogP contribution in [0.5, 0.6) is 0 Å². The van der Waals surface area contributed by atoms with Gasteiger partial charge in [0.15, 0.2) is 0 Å². The van der Waals surface area contributed by atoms with E-state index in [0.29, 0.717) is 5.92 Å². The molecule has 2 nitrogen and oxygen atoms in total. The molecule has 0 amide bonds. The molecule has 1 N–H and O–H groups in total. The Bertz CT molecular complexity index is 325. The summed E-state index contributed by atoms with van der Waals surface area (Å²) in [5.41, 5.74) is 0. The van der Waals surface area contributed by atoms with Gasteiger partial charge in [0.2, 0.25) is 0 Å². The van der Waals surface area contributed by atoms with Crippen LogP contribution in [0.2, 0.25) is 0 Å². The Morgan fingerprint density at radius 2 is 1.67 bits per heavy atom. The molecule has 1 aliphatic heterocycles. The van der Waals surface area contributed by atoms with Gasteiger partial charge in [-0.05, 0) is 32.1 Å². The van der Waals surface area contributed by atoms with Gasteiger partial charge < -0.3 is 9.67 Å². The van der Waals surface area contributed by atoms with Gasteiger partial charge in [-0.25, -0.2) is 0 Å². The molecule has 0 bridgehead atoms. The van der Waals surface area contributed by atoms with Gasteiger partial charge in [0.25, 0.3) is 0 Å². The lowest BCUT2D eigenvalue weighted by Gasteiger charge is -2.31. The Kier molecular flexibility index (Phi) is 8.57. The van der Waals surface area contributed by atoms with Gasteiger partial charge >= 0.3 is 0 Å². The zero-order valence-electron chi connectivity index (χ0n) is 14.6. The van der Waals surface area contributed by atoms with Crippen LogP contribution in [0.15, 0.2) is 0 Å². The second-order valence-corrected chi connectivity index (χ2v) is 10.9. The summed E-state index contributed by atoms with van der Waals surface area (Å²) in [6.45, 7) is 6.28. The highest BCUT2D eigenvalue weighted by Crippen LogP contribution is 2.64. The first-order chi connectivity index (χ1) is 9.95. The zero-order chi connectivity index (χ0) is 15.8. The van der Waals surface area contributed by atoms with Gasteiger partial charge in [0.05, 0.1) is 0 Å². The van der Waals surface area contributed by atoms with Crippen molar-refractivity contribution in [3.8, 4) is 0 Å². The van der Waals surface area contributed by atoms with E-state index in [2.05, 4.69) is 13.8 Å². The summed E-state index contributed by atoms with van der Waals surface area (Å²) in [7, 11) is -2.38. The average Bonchev–Trinajstić information content (AvgIpc) is 2.83. The lowest BCUT2D eigenvalue weighted by molar-refractivity contribution is 0.129. The minimum atomic E-state index is -2.38. The van der Waals surface area contributed by atoms with Crippen molar-refractivity contribution in [1.29, 1.82) is 0 Å². The Hall–Kier alpha value is 0.190. The highest BCUT2D eigenvalue weighted by molar-refractivity contribution is 7.65. The van der Waals surface area contributed by atoms with Crippen LogP contribution < -0.4 is 0 Å². The van der Waals surface area contributed by atoms with Crippen LogP contribution in [0, 0.1) is 5.92 Å². The molecule has 0 saturated carbocycles. The van der Waals surface area contributed by atoms with Gasteiger partial charge in [-0.1, -0.05) is 65.2 Å². The first kappa shape index (κ1) is 19.2. The third-order valence-corrected chi connectivity index (χ3v) is 9.37. The van der Waals surface area contributed by atoms with Crippen molar-refractivity contribution in [2.45, 2.75) is 96.7 Å². The van der Waals surface area contributed by atoms with E-state index in [4.69, 9.17) is 0 Å². The van der Waals surface area contributed by atoms with Gasteiger partial charge in [-0.15, -0.1) is 0 Å². The summed E-state index contributed by atoms with van der Waals surface area (Å²) in [6.07, 6.45) is 14.4. The second-order valence-electron chi connectivity index (χ2n) is 7.33. The number of rotatable bonds is 11. The first-order valence-corrected chi connectivity index (χ1v) is 11.3. The monoisotopic (exact) mass is 316 g/mol. The highest BCUT2D eigenvalue weighted by Gasteiger charge is 2.46. The van der Waals surface area contributed by atoms with Crippen LogP contribution in [-0.4, -0.2) is 22.8 Å². The largest absolute Gasteiger partial charge is 0.382 e. The summed E-state index contributed by atoms with van der Waals surface area (Å²) >= 11 is 0. The topological polar surface area (TPSA) is 37.3 Å². The molecule has 0 radical (unpaired) electrons. The predicted octanol–water partition coefficient (Wildman–Crippen LogP) is 6.02. The third kappa shape index (κ3) is 6.06. The maximum absolute atomic E-state index is 13.1. The molecule has 0 aromatic heterocycles. The van der Waals surface area contributed by atoms with Crippen molar-refractivity contribution in [2.75, 3.05) is 12.3 Å². The molecular formula is C18H37O2P. The zero-order valence-corrected chi connectivity index (χ0v) is 15.5. The molecule has 1 aliphatic rings. The molecule has 1 heterocycles.